The van der Waals surface area contributed by atoms with Gasteiger partial charge in [-0.3, -0.25) is 0 Å². The van der Waals surface area contributed by atoms with Crippen molar-refractivity contribution in [2.24, 2.45) is 0 Å². The van der Waals surface area contributed by atoms with Gasteiger partial charge in [-0.2, -0.15) is 4.40 Å². The van der Waals surface area contributed by atoms with E-state index in [0.29, 0.717) is 0 Å². The van der Waals surface area contributed by atoms with E-state index in [2.05, 4.69) is 41.2 Å². The normalized spacial score (nSPS) is 10.7. The van der Waals surface area contributed by atoms with E-state index in [0.717, 1.165) is 21.8 Å². The smallest absolute Gasteiger partial charge is 0.228 e. The number of hydrogen-bond acceptors (Lipinski definition) is 2. The van der Waals surface area contributed by atoms with Gasteiger partial charge in [0.25, 0.3) is 0 Å². The zero-order valence-electron chi connectivity index (χ0n) is 10.1. The van der Waals surface area contributed by atoms with Crippen LogP contribution in [-0.2, 0) is 0 Å². The van der Waals surface area contributed by atoms with Crippen molar-refractivity contribution in [1.82, 2.24) is 4.98 Å². The number of hydrogen-bond donors (Lipinski definition) is 0. The topological polar surface area (TPSA) is 17.0 Å². The van der Waals surface area contributed by atoms with Gasteiger partial charge in [0.15, 0.2) is 11.2 Å². The van der Waals surface area contributed by atoms with E-state index in [4.69, 9.17) is 4.98 Å². The molecular weight excluding hydrogens is 240 g/mol. The average Bonchev–Trinajstić information content (AvgIpc) is 2.47. The van der Waals surface area contributed by atoms with E-state index in [9.17, 15) is 0 Å². The van der Waals surface area contributed by atoms with Crippen LogP contribution in [0, 0.1) is 0 Å². The van der Waals surface area contributed by atoms with Gasteiger partial charge in [0.2, 0.25) is 11.7 Å². The Morgan fingerprint density at radius 3 is 2.56 bits per heavy atom. The van der Waals surface area contributed by atoms with Gasteiger partial charge in [-0.15, -0.1) is 11.8 Å². The van der Waals surface area contributed by atoms with Gasteiger partial charge in [0.05, 0.1) is 0 Å². The molecule has 2 heterocycles. The Balaban J connectivity index is 2.26. The van der Waals surface area contributed by atoms with E-state index >= 15 is 0 Å². The van der Waals surface area contributed by atoms with Crippen LogP contribution >= 0.6 is 11.8 Å². The van der Waals surface area contributed by atoms with Crippen LogP contribution in [0.2, 0.25) is 0 Å². The van der Waals surface area contributed by atoms with Crippen LogP contribution in [0.4, 0.5) is 0 Å². The Morgan fingerprint density at radius 2 is 1.78 bits per heavy atom. The molecule has 2 nitrogen and oxygen atoms in total. The summed E-state index contributed by atoms with van der Waals surface area (Å²) in [6, 6.07) is 16.4. The minimum absolute atomic E-state index is 1.00. The summed E-state index contributed by atoms with van der Waals surface area (Å²) in [6.45, 7) is 0. The van der Waals surface area contributed by atoms with E-state index in [1.807, 2.05) is 30.3 Å². The fourth-order valence-electron chi connectivity index (χ4n) is 1.98. The van der Waals surface area contributed by atoms with Crippen molar-refractivity contribution < 1.29 is 4.40 Å². The fraction of sp³-hybridized carbons (Fsp3) is 0.0667. The van der Waals surface area contributed by atoms with Crippen molar-refractivity contribution in [2.45, 2.75) is 5.03 Å². The predicted molar refractivity (Wildman–Crippen MR) is 74.6 cm³/mol. The highest BCUT2D eigenvalue weighted by Crippen LogP contribution is 2.21. The summed E-state index contributed by atoms with van der Waals surface area (Å²) in [4.78, 5) is 4.73. The molecule has 0 amide bonds. The van der Waals surface area contributed by atoms with Crippen LogP contribution in [-0.4, -0.2) is 11.2 Å². The lowest BCUT2D eigenvalue weighted by Gasteiger charge is -2.02. The largest absolute Gasteiger partial charge is 0.243 e. The number of aromatic nitrogens is 2. The molecule has 0 N–H and O–H groups in total. The molecule has 3 rings (SSSR count). The highest BCUT2D eigenvalue weighted by Gasteiger charge is 2.12. The van der Waals surface area contributed by atoms with E-state index in [-0.39, 0.29) is 0 Å². The monoisotopic (exact) mass is 253 g/mol. The third kappa shape index (κ3) is 1.97. The second-order valence-corrected chi connectivity index (χ2v) is 4.79. The van der Waals surface area contributed by atoms with Crippen LogP contribution in [0.5, 0.6) is 0 Å². The molecule has 0 saturated carbocycles. The average molecular weight is 253 g/mol. The van der Waals surface area contributed by atoms with Gasteiger partial charge in [0, 0.05) is 17.7 Å². The van der Waals surface area contributed by atoms with E-state index < -0.39 is 0 Å². The molecule has 0 aliphatic carbocycles. The van der Waals surface area contributed by atoms with Gasteiger partial charge in [-0.25, -0.2) is 4.98 Å². The molecule has 3 aromatic rings. The molecular formula is C15H13N2S+. The van der Waals surface area contributed by atoms with Crippen LogP contribution in [0.3, 0.4) is 0 Å². The van der Waals surface area contributed by atoms with Crippen molar-refractivity contribution >= 4 is 17.3 Å². The lowest BCUT2D eigenvalue weighted by molar-refractivity contribution is -0.513. The van der Waals surface area contributed by atoms with E-state index in [1.165, 1.54) is 0 Å². The molecule has 0 aliphatic heterocycles. The number of pyridine rings is 1. The third-order valence-corrected chi connectivity index (χ3v) is 3.54. The van der Waals surface area contributed by atoms with Crippen LogP contribution in [0.1, 0.15) is 0 Å². The second-order valence-electron chi connectivity index (χ2n) is 3.99. The van der Waals surface area contributed by atoms with Crippen LogP contribution < -0.4 is 4.40 Å². The molecule has 18 heavy (non-hydrogen) atoms. The lowest BCUT2D eigenvalue weighted by atomic mass is 10.2. The first kappa shape index (κ1) is 11.2. The van der Waals surface area contributed by atoms with Crippen LogP contribution in [0.15, 0.2) is 66.0 Å². The van der Waals surface area contributed by atoms with Crippen molar-refractivity contribution in [3.8, 4) is 11.3 Å². The molecule has 0 fully saturated rings. The highest BCUT2D eigenvalue weighted by molar-refractivity contribution is 7.98. The predicted octanol–water partition coefficient (Wildman–Crippen LogP) is 3.21. The standard InChI is InChI=1S/C15H13N2S/c1-18-15-14-9-5-6-10-17(14)11-13(16-15)12-7-3-2-4-8-12/h2-11H,1H3/q+1. The molecule has 0 unspecified atom stereocenters. The summed E-state index contributed by atoms with van der Waals surface area (Å²) in [6.07, 6.45) is 6.19. The molecule has 1 aromatic carbocycles. The molecule has 0 saturated heterocycles. The Hall–Kier alpha value is -1.87. The highest BCUT2D eigenvalue weighted by atomic mass is 32.2. The summed E-state index contributed by atoms with van der Waals surface area (Å²) >= 11 is 1.68. The zero-order chi connectivity index (χ0) is 12.4. The summed E-state index contributed by atoms with van der Waals surface area (Å²) in [5.74, 6) is 0. The Kier molecular flexibility index (Phi) is 2.99. The first-order valence-electron chi connectivity index (χ1n) is 5.79. The number of benzene rings is 1. The lowest BCUT2D eigenvalue weighted by Crippen LogP contribution is -2.22. The van der Waals surface area contributed by atoms with Crippen molar-refractivity contribution in [1.29, 1.82) is 0 Å². The number of thioether (sulfide) groups is 1. The minimum Gasteiger partial charge on any atom is -0.228 e. The zero-order valence-corrected chi connectivity index (χ0v) is 10.9. The number of rotatable bonds is 2. The molecule has 0 bridgehead atoms. The molecule has 0 radical (unpaired) electrons. The number of nitrogens with zero attached hydrogens (tertiary/aromatic N) is 2. The molecule has 0 spiro atoms. The Bertz CT molecular complexity index is 680. The first-order valence-corrected chi connectivity index (χ1v) is 7.01. The Morgan fingerprint density at radius 1 is 1.00 bits per heavy atom. The van der Waals surface area contributed by atoms with E-state index in [1.54, 1.807) is 11.8 Å². The molecule has 3 heteroatoms. The maximum Gasteiger partial charge on any atom is 0.243 e. The molecule has 2 aromatic heterocycles. The van der Waals surface area contributed by atoms with Gasteiger partial charge >= 0.3 is 0 Å². The summed E-state index contributed by atoms with van der Waals surface area (Å²) in [5.41, 5.74) is 3.29. The first-order chi connectivity index (χ1) is 8.88. The fourth-order valence-corrected chi connectivity index (χ4v) is 2.55. The maximum atomic E-state index is 4.73. The van der Waals surface area contributed by atoms with Crippen molar-refractivity contribution in [2.75, 3.05) is 6.26 Å². The van der Waals surface area contributed by atoms with Gasteiger partial charge < -0.3 is 0 Å². The summed E-state index contributed by atoms with van der Waals surface area (Å²) in [7, 11) is 0. The quantitative estimate of drug-likeness (QED) is 0.515. The molecule has 0 atom stereocenters. The maximum absolute atomic E-state index is 4.73. The van der Waals surface area contributed by atoms with Crippen molar-refractivity contribution in [3.05, 3.63) is 60.9 Å². The summed E-state index contributed by atoms with van der Waals surface area (Å²) < 4.78 is 2.13. The number of fused-ring (bicyclic) bond motifs is 1. The van der Waals surface area contributed by atoms with Gasteiger partial charge in [0.1, 0.15) is 5.69 Å². The molecule has 88 valence electrons. The SMILES string of the molecule is CSc1nc(-c2ccccc2)c[n+]2ccccc12. The van der Waals surface area contributed by atoms with Gasteiger partial charge in [-0.05, 0) is 12.3 Å². The minimum atomic E-state index is 1.00. The molecule has 0 aliphatic rings. The third-order valence-electron chi connectivity index (χ3n) is 2.86. The second kappa shape index (κ2) is 4.78. The van der Waals surface area contributed by atoms with Gasteiger partial charge in [-0.1, -0.05) is 30.3 Å². The Labute approximate surface area is 110 Å². The summed E-state index contributed by atoms with van der Waals surface area (Å²) in [5, 5.41) is 1.05. The van der Waals surface area contributed by atoms with Crippen molar-refractivity contribution in [3.63, 3.8) is 0 Å². The van der Waals surface area contributed by atoms with Crippen LogP contribution in [0.25, 0.3) is 16.8 Å².